The highest BCUT2D eigenvalue weighted by molar-refractivity contribution is 5.57. The van der Waals surface area contributed by atoms with Crippen molar-refractivity contribution in [3.8, 4) is 11.4 Å². The number of nitrogens with one attached hydrogen (secondary N) is 1. The van der Waals surface area contributed by atoms with E-state index in [1.165, 1.54) is 25.2 Å². The minimum atomic E-state index is -4.51. The molecule has 1 N–H and O–H groups in total. The SMILES string of the molecule is FC(F)(F)c1cc(N2CCC(NC3CC3)CC2)nc(-c2ccncc2)n1. The smallest absolute Gasteiger partial charge is 0.356 e. The van der Waals surface area contributed by atoms with Crippen LogP contribution in [0.1, 0.15) is 31.4 Å². The van der Waals surface area contributed by atoms with E-state index in [1.54, 1.807) is 12.1 Å². The van der Waals surface area contributed by atoms with Crippen LogP contribution in [0.2, 0.25) is 0 Å². The minimum absolute atomic E-state index is 0.0791. The largest absolute Gasteiger partial charge is 0.433 e. The number of aromatic nitrogens is 3. The van der Waals surface area contributed by atoms with Gasteiger partial charge in [-0.1, -0.05) is 0 Å². The molecule has 2 aromatic heterocycles. The van der Waals surface area contributed by atoms with Gasteiger partial charge in [0.05, 0.1) is 0 Å². The zero-order valence-electron chi connectivity index (χ0n) is 14.2. The Morgan fingerprint density at radius 3 is 2.23 bits per heavy atom. The van der Waals surface area contributed by atoms with E-state index >= 15 is 0 Å². The van der Waals surface area contributed by atoms with E-state index < -0.39 is 11.9 Å². The number of piperidine rings is 1. The summed E-state index contributed by atoms with van der Waals surface area (Å²) in [6, 6.07) is 5.37. The summed E-state index contributed by atoms with van der Waals surface area (Å²) in [5, 5.41) is 3.59. The molecule has 1 saturated heterocycles. The van der Waals surface area contributed by atoms with Gasteiger partial charge in [0.2, 0.25) is 0 Å². The van der Waals surface area contributed by atoms with E-state index in [1.807, 2.05) is 4.90 Å². The van der Waals surface area contributed by atoms with E-state index in [-0.39, 0.29) is 5.82 Å². The number of hydrogen-bond acceptors (Lipinski definition) is 5. The molecule has 5 nitrogen and oxygen atoms in total. The Labute approximate surface area is 149 Å². The number of alkyl halides is 3. The van der Waals surface area contributed by atoms with Crippen molar-refractivity contribution in [3.05, 3.63) is 36.3 Å². The Morgan fingerprint density at radius 1 is 0.962 bits per heavy atom. The number of hydrogen-bond donors (Lipinski definition) is 1. The van der Waals surface area contributed by atoms with Crippen LogP contribution in [0.5, 0.6) is 0 Å². The number of pyridine rings is 1. The van der Waals surface area contributed by atoms with Crippen LogP contribution in [-0.4, -0.2) is 40.1 Å². The highest BCUT2D eigenvalue weighted by atomic mass is 19.4. The van der Waals surface area contributed by atoms with Crippen LogP contribution in [-0.2, 0) is 6.18 Å². The fourth-order valence-electron chi connectivity index (χ4n) is 3.23. The van der Waals surface area contributed by atoms with Gasteiger partial charge in [-0.2, -0.15) is 13.2 Å². The third-order valence-electron chi connectivity index (χ3n) is 4.81. The predicted molar refractivity (Wildman–Crippen MR) is 91.7 cm³/mol. The van der Waals surface area contributed by atoms with Gasteiger partial charge >= 0.3 is 6.18 Å². The van der Waals surface area contributed by atoms with Crippen LogP contribution in [0.15, 0.2) is 30.6 Å². The van der Waals surface area contributed by atoms with Gasteiger partial charge in [0, 0.05) is 49.2 Å². The lowest BCUT2D eigenvalue weighted by molar-refractivity contribution is -0.141. The van der Waals surface area contributed by atoms with Crippen LogP contribution < -0.4 is 10.2 Å². The second kappa shape index (κ2) is 6.83. The highest BCUT2D eigenvalue weighted by Crippen LogP contribution is 2.32. The Morgan fingerprint density at radius 2 is 1.62 bits per heavy atom. The summed E-state index contributed by atoms with van der Waals surface area (Å²) in [6.45, 7) is 1.38. The summed E-state index contributed by atoms with van der Waals surface area (Å²) in [5.41, 5.74) is -0.384. The van der Waals surface area contributed by atoms with Gasteiger partial charge in [-0.15, -0.1) is 0 Å². The maximum absolute atomic E-state index is 13.3. The summed E-state index contributed by atoms with van der Waals surface area (Å²) in [4.78, 5) is 14.0. The van der Waals surface area contributed by atoms with Crippen LogP contribution in [0.25, 0.3) is 11.4 Å². The van der Waals surface area contributed by atoms with Crippen molar-refractivity contribution in [2.24, 2.45) is 0 Å². The molecule has 0 aromatic carbocycles. The molecule has 1 aliphatic carbocycles. The first-order valence-electron chi connectivity index (χ1n) is 8.87. The third kappa shape index (κ3) is 3.95. The fraction of sp³-hybridized carbons (Fsp3) is 0.500. The molecule has 26 heavy (non-hydrogen) atoms. The molecule has 0 atom stereocenters. The molecule has 1 saturated carbocycles. The lowest BCUT2D eigenvalue weighted by atomic mass is 10.0. The van der Waals surface area contributed by atoms with Crippen LogP contribution >= 0.6 is 0 Å². The zero-order valence-corrected chi connectivity index (χ0v) is 14.2. The maximum Gasteiger partial charge on any atom is 0.433 e. The first-order chi connectivity index (χ1) is 12.5. The van der Waals surface area contributed by atoms with Crippen molar-refractivity contribution >= 4 is 5.82 Å². The van der Waals surface area contributed by atoms with Crippen molar-refractivity contribution in [3.63, 3.8) is 0 Å². The quantitative estimate of drug-likeness (QED) is 0.904. The summed E-state index contributed by atoms with van der Waals surface area (Å²) < 4.78 is 39.9. The highest BCUT2D eigenvalue weighted by Gasteiger charge is 2.35. The first-order valence-corrected chi connectivity index (χ1v) is 8.87. The van der Waals surface area contributed by atoms with Crippen molar-refractivity contribution in [1.29, 1.82) is 0 Å². The average molecular weight is 363 g/mol. The van der Waals surface area contributed by atoms with Gasteiger partial charge in [-0.25, -0.2) is 9.97 Å². The minimum Gasteiger partial charge on any atom is -0.356 e. The van der Waals surface area contributed by atoms with Gasteiger partial charge in [-0.3, -0.25) is 4.98 Å². The van der Waals surface area contributed by atoms with Gasteiger partial charge in [0.1, 0.15) is 5.82 Å². The lowest BCUT2D eigenvalue weighted by Gasteiger charge is -2.33. The van der Waals surface area contributed by atoms with Crippen LogP contribution in [0.3, 0.4) is 0 Å². The fourth-order valence-corrected chi connectivity index (χ4v) is 3.23. The Hall–Kier alpha value is -2.22. The van der Waals surface area contributed by atoms with Crippen LogP contribution in [0, 0.1) is 0 Å². The molecule has 2 aromatic rings. The monoisotopic (exact) mass is 363 g/mol. The molecule has 0 radical (unpaired) electrons. The van der Waals surface area contributed by atoms with Gasteiger partial charge in [0.25, 0.3) is 0 Å². The molecule has 138 valence electrons. The molecule has 0 amide bonds. The molecule has 3 heterocycles. The molecule has 1 aliphatic heterocycles. The lowest BCUT2D eigenvalue weighted by Crippen LogP contribution is -2.43. The Bertz CT molecular complexity index is 753. The normalized spacial score (nSPS) is 19.0. The number of anilines is 1. The van der Waals surface area contributed by atoms with Gasteiger partial charge in [0.15, 0.2) is 11.5 Å². The maximum atomic E-state index is 13.3. The predicted octanol–water partition coefficient (Wildman–Crippen LogP) is 3.28. The van der Waals surface area contributed by atoms with Crippen molar-refractivity contribution in [2.75, 3.05) is 18.0 Å². The standard InChI is InChI=1S/C18H20F3N5/c19-18(20,21)15-11-16(25-17(24-15)12-3-7-22-8-4-12)26-9-5-14(6-10-26)23-13-1-2-13/h3-4,7-8,11,13-14,23H,1-2,5-6,9-10H2. The van der Waals surface area contributed by atoms with E-state index in [2.05, 4.69) is 20.3 Å². The van der Waals surface area contributed by atoms with E-state index in [0.29, 0.717) is 36.6 Å². The van der Waals surface area contributed by atoms with E-state index in [0.717, 1.165) is 18.9 Å². The number of rotatable bonds is 4. The first kappa shape index (κ1) is 17.2. The Kier molecular flexibility index (Phi) is 4.52. The zero-order chi connectivity index (χ0) is 18.1. The van der Waals surface area contributed by atoms with Gasteiger partial charge in [-0.05, 0) is 37.8 Å². The van der Waals surface area contributed by atoms with Crippen LogP contribution in [0.4, 0.5) is 19.0 Å². The third-order valence-corrected chi connectivity index (χ3v) is 4.81. The van der Waals surface area contributed by atoms with Gasteiger partial charge < -0.3 is 10.2 Å². The molecule has 0 unspecified atom stereocenters. The molecular weight excluding hydrogens is 343 g/mol. The molecule has 4 rings (SSSR count). The summed E-state index contributed by atoms with van der Waals surface area (Å²) >= 11 is 0. The summed E-state index contributed by atoms with van der Waals surface area (Å²) in [5.74, 6) is 0.416. The summed E-state index contributed by atoms with van der Waals surface area (Å²) in [7, 11) is 0. The van der Waals surface area contributed by atoms with E-state index in [9.17, 15) is 13.2 Å². The number of nitrogens with zero attached hydrogens (tertiary/aromatic N) is 4. The summed E-state index contributed by atoms with van der Waals surface area (Å²) in [6.07, 6.45) is 2.82. The average Bonchev–Trinajstić information content (AvgIpc) is 3.46. The molecule has 0 bridgehead atoms. The topological polar surface area (TPSA) is 53.9 Å². The van der Waals surface area contributed by atoms with Crippen molar-refractivity contribution < 1.29 is 13.2 Å². The van der Waals surface area contributed by atoms with Crippen molar-refractivity contribution in [2.45, 2.75) is 43.9 Å². The second-order valence-corrected chi connectivity index (χ2v) is 6.87. The molecule has 8 heteroatoms. The molecule has 0 spiro atoms. The molecule has 2 fully saturated rings. The van der Waals surface area contributed by atoms with E-state index in [4.69, 9.17) is 0 Å². The molecular formula is C18H20F3N5. The van der Waals surface area contributed by atoms with Crippen molar-refractivity contribution in [1.82, 2.24) is 20.3 Å². The Balaban J connectivity index is 1.58. The second-order valence-electron chi connectivity index (χ2n) is 6.87. The number of halogens is 3. The molecule has 2 aliphatic rings.